The van der Waals surface area contributed by atoms with Crippen molar-refractivity contribution in [1.82, 2.24) is 0 Å². The maximum Gasteiger partial charge on any atom is 0.306 e. The largest absolute Gasteiger partial charge is 0.463 e. The van der Waals surface area contributed by atoms with Crippen LogP contribution in [0.3, 0.4) is 0 Å². The summed E-state index contributed by atoms with van der Waals surface area (Å²) in [5.41, 5.74) is 2.73. The molecule has 4 aliphatic rings. The van der Waals surface area contributed by atoms with Crippen molar-refractivity contribution in [2.75, 3.05) is 0 Å². The van der Waals surface area contributed by atoms with Crippen LogP contribution in [0.2, 0.25) is 0 Å². The first-order valence-electron chi connectivity index (χ1n) is 29.2. The van der Waals surface area contributed by atoms with E-state index in [0.29, 0.717) is 80.1 Å². The minimum atomic E-state index is -0.610. The summed E-state index contributed by atoms with van der Waals surface area (Å²) in [6, 6.07) is 0. The van der Waals surface area contributed by atoms with Crippen LogP contribution in [0, 0.1) is 0 Å². The number of aliphatic hydroxyl groups excluding tert-OH is 1. The molecule has 85 heavy (non-hydrogen) atoms. The van der Waals surface area contributed by atoms with Gasteiger partial charge >= 0.3 is 35.8 Å². The summed E-state index contributed by atoms with van der Waals surface area (Å²) in [7, 11) is 0. The third kappa shape index (κ3) is 40.2. The summed E-state index contributed by atoms with van der Waals surface area (Å²) < 4.78 is 34.9. The van der Waals surface area contributed by atoms with Crippen LogP contribution in [0.15, 0.2) is 95.2 Å². The van der Waals surface area contributed by atoms with Gasteiger partial charge in [0.2, 0.25) is 0 Å². The Morgan fingerprint density at radius 3 is 0.941 bits per heavy atom. The van der Waals surface area contributed by atoms with Crippen molar-refractivity contribution in [3.63, 3.8) is 0 Å². The summed E-state index contributed by atoms with van der Waals surface area (Å²) in [6.07, 6.45) is 30.8. The van der Waals surface area contributed by atoms with Gasteiger partial charge in [0.15, 0.2) is 23.1 Å². The van der Waals surface area contributed by atoms with Gasteiger partial charge in [-0.3, -0.25) is 52.7 Å². The van der Waals surface area contributed by atoms with Gasteiger partial charge in [0.05, 0.1) is 49.8 Å². The average Bonchev–Trinajstić information content (AvgIpc) is 4.34. The van der Waals surface area contributed by atoms with E-state index in [4.69, 9.17) is 33.2 Å². The van der Waals surface area contributed by atoms with E-state index in [9.17, 15) is 57.8 Å². The molecule has 4 rings (SSSR count). The second-order valence-corrected chi connectivity index (χ2v) is 21.3. The second kappa shape index (κ2) is 45.6. The molecule has 0 aromatic carbocycles. The number of unbranched alkanes of at least 4 members (excludes halogenated alkanes) is 4. The fraction of sp³-hybridized carbons (Fsp3) is 0.585. The summed E-state index contributed by atoms with van der Waals surface area (Å²) >= 11 is 0. The minimum absolute atomic E-state index is 0. The summed E-state index contributed by atoms with van der Waals surface area (Å²) in [5, 5.41) is 9.27. The zero-order valence-corrected chi connectivity index (χ0v) is 52.6. The quantitative estimate of drug-likeness (QED) is 0.0215. The Hall–Kier alpha value is -6.80. The Balaban J connectivity index is 0.00000110. The van der Waals surface area contributed by atoms with E-state index in [1.165, 1.54) is 13.8 Å². The van der Waals surface area contributed by atoms with Crippen LogP contribution in [-0.4, -0.2) is 119 Å². The van der Waals surface area contributed by atoms with Crippen molar-refractivity contribution in [3.05, 3.63) is 95.2 Å². The molecule has 0 aromatic heterocycles. The lowest BCUT2D eigenvalue weighted by Gasteiger charge is -2.06. The Kier molecular flexibility index (Phi) is 41.9. The van der Waals surface area contributed by atoms with E-state index in [0.717, 1.165) is 51.4 Å². The minimum Gasteiger partial charge on any atom is -0.463 e. The number of rotatable bonds is 32. The van der Waals surface area contributed by atoms with Crippen LogP contribution in [0.1, 0.15) is 198 Å². The molecule has 474 valence electrons. The van der Waals surface area contributed by atoms with Gasteiger partial charge in [-0.15, -0.1) is 0 Å². The molecule has 0 bridgehead atoms. The molecule has 0 heterocycles. The third-order valence-corrected chi connectivity index (χ3v) is 11.9. The lowest BCUT2D eigenvalue weighted by Crippen LogP contribution is -2.12. The van der Waals surface area contributed by atoms with E-state index in [1.54, 1.807) is 24.3 Å². The molecule has 0 aliphatic heterocycles. The van der Waals surface area contributed by atoms with E-state index < -0.39 is 24.4 Å². The Morgan fingerprint density at radius 2 is 0.694 bits per heavy atom. The molecule has 1 N–H and O–H groups in total. The van der Waals surface area contributed by atoms with Gasteiger partial charge in [-0.05, 0) is 179 Å². The molecule has 4 atom stereocenters. The van der Waals surface area contributed by atoms with Gasteiger partial charge in [0, 0.05) is 46.0 Å². The Labute approximate surface area is 509 Å². The second-order valence-electron chi connectivity index (χ2n) is 21.3. The van der Waals surface area contributed by atoms with Gasteiger partial charge < -0.3 is 38.3 Å². The molecular weight excluding hydrogens is 1120 g/mol. The van der Waals surface area contributed by atoms with Crippen LogP contribution in [0.5, 0.6) is 0 Å². The van der Waals surface area contributed by atoms with Crippen LogP contribution in [-0.2, 0) is 85.9 Å². The number of carbonyl (C=O) groups is 11. The molecule has 0 fully saturated rings. The van der Waals surface area contributed by atoms with E-state index in [2.05, 4.69) is 0 Å². The predicted octanol–water partition coefficient (Wildman–Crippen LogP) is 10.7. The van der Waals surface area contributed by atoms with Crippen molar-refractivity contribution in [2.24, 2.45) is 0 Å². The first-order valence-corrected chi connectivity index (χ1v) is 29.2. The molecule has 0 aromatic rings. The van der Waals surface area contributed by atoms with Gasteiger partial charge in [-0.25, -0.2) is 0 Å². The van der Waals surface area contributed by atoms with Gasteiger partial charge in [-0.1, -0.05) is 48.6 Å². The highest BCUT2D eigenvalue weighted by Gasteiger charge is 2.27. The number of allylic oxidation sites excluding steroid dienone is 12. The van der Waals surface area contributed by atoms with Crippen molar-refractivity contribution in [3.8, 4) is 0 Å². The van der Waals surface area contributed by atoms with Crippen molar-refractivity contribution in [1.29, 1.82) is 0 Å². The molecule has 4 aliphatic carbocycles. The highest BCUT2D eigenvalue weighted by atomic mass is 32.1. The monoisotopic (exact) mass is 1210 g/mol. The van der Waals surface area contributed by atoms with Crippen LogP contribution < -0.4 is 0 Å². The third-order valence-electron chi connectivity index (χ3n) is 11.9. The van der Waals surface area contributed by atoms with Crippen LogP contribution >= 0.6 is 13.5 Å². The number of carbonyl (C=O) groups excluding carboxylic acids is 11. The molecule has 0 radical (unpaired) electrons. The number of hydrogen-bond acceptors (Lipinski definition) is 19. The van der Waals surface area contributed by atoms with Gasteiger partial charge in [-0.2, -0.15) is 13.5 Å². The number of ketones is 4. The molecule has 0 saturated heterocycles. The topological polar surface area (TPSA) is 273 Å². The first kappa shape index (κ1) is 78.2. The fourth-order valence-corrected chi connectivity index (χ4v) is 8.30. The zero-order chi connectivity index (χ0) is 63.0. The molecule has 20 heteroatoms. The Bertz CT molecular complexity index is 2340. The zero-order valence-electron chi connectivity index (χ0n) is 51.6. The molecule has 0 saturated carbocycles. The Morgan fingerprint density at radius 1 is 0.435 bits per heavy atom. The molecule has 0 spiro atoms. The van der Waals surface area contributed by atoms with Crippen molar-refractivity contribution >= 4 is 78.9 Å². The number of hydrogen-bond donors (Lipinski definition) is 1. The number of aliphatic hydroxyl groups is 1. The van der Waals surface area contributed by atoms with Gasteiger partial charge in [0.1, 0.15) is 18.3 Å². The van der Waals surface area contributed by atoms with E-state index >= 15 is 0 Å². The highest BCUT2D eigenvalue weighted by molar-refractivity contribution is 7.59. The lowest BCUT2D eigenvalue weighted by atomic mass is 10.1. The normalized spacial score (nSPS) is 18.1. The average molecular weight is 1210 g/mol. The van der Waals surface area contributed by atoms with Crippen molar-refractivity contribution in [2.45, 2.75) is 246 Å². The smallest absolute Gasteiger partial charge is 0.306 e. The first-order chi connectivity index (χ1) is 39.8. The summed E-state index contributed by atoms with van der Waals surface area (Å²) in [5.74, 6) is -1.36. The molecule has 0 amide bonds. The van der Waals surface area contributed by atoms with E-state index in [1.807, 2.05) is 104 Å². The number of ether oxygens (including phenoxy) is 7. The molecular formula is C65H94O19S. The molecule has 0 unspecified atom stereocenters. The number of Topliss-reactive ketones (excluding diaryl/α,β-unsaturated/α-hetero) is 4. The maximum absolute atomic E-state index is 11.7. The fourth-order valence-electron chi connectivity index (χ4n) is 8.30. The predicted molar refractivity (Wildman–Crippen MR) is 325 cm³/mol. The maximum atomic E-state index is 11.7. The summed E-state index contributed by atoms with van der Waals surface area (Å²) in [4.78, 5) is 124. The standard InChI is InChI=1S/2C17H24O5.C16H22O5.C15H22O4.H2S/c2*1-12(2)21-17(20)9-7-5-4-6-8-14-10-15(11-16(14)19)22-13(3)18;1-12(2)21-16(19)8-6-4-3-5-7-13-9-14(20-11-17)10-15(13)18;1-11(2)19-15(18)8-6-4-3-5-7-12-9-13(16)10-14(12)17;/h2*4,6,10,12,15H,5,7-9,11H2,1-3H3;3,5,9,11-12,14H,4,6-8,10H2,1-2H3;3,5,9,11,13,16H,4,6-8,10H2,1-2H3;1H2/b2*6-4-;2*5-3-;/t2*15-;14-;13-;/m0001./s1. The highest BCUT2D eigenvalue weighted by Crippen LogP contribution is 2.24. The lowest BCUT2D eigenvalue weighted by molar-refractivity contribution is -0.148. The van der Waals surface area contributed by atoms with Crippen LogP contribution in [0.4, 0.5) is 0 Å². The summed E-state index contributed by atoms with van der Waals surface area (Å²) in [6.45, 7) is 17.7. The van der Waals surface area contributed by atoms with Crippen molar-refractivity contribution < 1.29 is 91.0 Å². The van der Waals surface area contributed by atoms with Gasteiger partial charge in [0.25, 0.3) is 6.47 Å². The molecule has 19 nitrogen and oxygen atoms in total. The SMILES string of the molecule is CC(=O)O[C@H]1C=C(C/C=C\CCCC(=O)OC(C)C)C(=O)C1.CC(=O)O[C@H]1C=C(C/C=C\CCCC(=O)OC(C)C)C(=O)C1.CC(C)OC(=O)CCC/C=C\CC1=C[C@@H](O)CC1=O.CC(C)OC(=O)CCC/C=C\CC1=C[C@H](OC=O)CC1=O.S. The van der Waals surface area contributed by atoms with Crippen LogP contribution in [0.25, 0.3) is 0 Å². The van der Waals surface area contributed by atoms with E-state index in [-0.39, 0.29) is 123 Å². The number of esters is 6.